The van der Waals surface area contributed by atoms with Crippen molar-refractivity contribution >= 4 is 28.5 Å². The van der Waals surface area contributed by atoms with Crippen LogP contribution in [-0.2, 0) is 0 Å². The van der Waals surface area contributed by atoms with Crippen molar-refractivity contribution in [2.75, 3.05) is 37.6 Å². The molecule has 1 saturated heterocycles. The first-order chi connectivity index (χ1) is 11.7. The summed E-state index contributed by atoms with van der Waals surface area (Å²) in [5.41, 5.74) is 3.32. The van der Waals surface area contributed by atoms with Crippen molar-refractivity contribution in [1.29, 1.82) is 5.41 Å². The number of nitrogens with zero attached hydrogens (tertiary/aromatic N) is 3. The minimum atomic E-state index is -0.0135. The fraction of sp³-hybridized carbons (Fsp3) is 0.333. The lowest BCUT2D eigenvalue weighted by Gasteiger charge is -2.35. The van der Waals surface area contributed by atoms with Crippen molar-refractivity contribution in [3.63, 3.8) is 0 Å². The first-order valence-corrected chi connectivity index (χ1v) is 8.58. The summed E-state index contributed by atoms with van der Waals surface area (Å²) >= 11 is 5.51. The van der Waals surface area contributed by atoms with Gasteiger partial charge in [-0.25, -0.2) is 4.98 Å². The lowest BCUT2D eigenvalue weighted by atomic mass is 10.1. The number of H-pyrrole nitrogens is 1. The second-order valence-electron chi connectivity index (χ2n) is 5.83. The van der Waals surface area contributed by atoms with Crippen molar-refractivity contribution in [2.24, 2.45) is 0 Å². The van der Waals surface area contributed by atoms with Gasteiger partial charge < -0.3 is 14.8 Å². The van der Waals surface area contributed by atoms with Crippen LogP contribution >= 0.6 is 11.6 Å². The van der Waals surface area contributed by atoms with E-state index in [2.05, 4.69) is 51.0 Å². The van der Waals surface area contributed by atoms with E-state index in [1.54, 1.807) is 12.3 Å². The van der Waals surface area contributed by atoms with Crippen molar-refractivity contribution in [3.05, 3.63) is 42.4 Å². The van der Waals surface area contributed by atoms with Crippen LogP contribution in [0.5, 0.6) is 0 Å². The molecule has 2 aromatic rings. The molecular weight excluding hydrogens is 322 g/mol. The molecule has 24 heavy (non-hydrogen) atoms. The lowest BCUT2D eigenvalue weighted by Crippen LogP contribution is -2.46. The summed E-state index contributed by atoms with van der Waals surface area (Å²) in [6.07, 6.45) is 5.00. The molecule has 0 unspecified atom stereocenters. The van der Waals surface area contributed by atoms with Crippen LogP contribution < -0.4 is 4.90 Å². The Labute approximate surface area is 147 Å². The number of aromatic nitrogens is 2. The molecule has 0 bridgehead atoms. The van der Waals surface area contributed by atoms with Crippen LogP contribution in [0.1, 0.15) is 12.7 Å². The number of benzene rings is 1. The summed E-state index contributed by atoms with van der Waals surface area (Å²) in [6, 6.07) is 8.57. The van der Waals surface area contributed by atoms with E-state index in [4.69, 9.17) is 17.0 Å². The fourth-order valence-electron chi connectivity index (χ4n) is 2.89. The molecule has 1 aromatic heterocycles. The highest BCUT2D eigenvalue weighted by Gasteiger charge is 2.15. The maximum absolute atomic E-state index is 7.19. The molecule has 6 heteroatoms. The number of piperazine rings is 1. The number of allylic oxidation sites excluding steroid dienone is 1. The van der Waals surface area contributed by atoms with Gasteiger partial charge in [0.25, 0.3) is 0 Å². The Morgan fingerprint density at radius 2 is 1.96 bits per heavy atom. The molecule has 0 aliphatic carbocycles. The maximum Gasteiger partial charge on any atom is 0.130 e. The van der Waals surface area contributed by atoms with E-state index in [9.17, 15) is 0 Å². The molecule has 0 radical (unpaired) electrons. The SMILES string of the molecule is CCN1CCN(c2ccc(-c3cnc(/C=C\C(=N)Cl)[nH]3)cc2)CC1. The van der Waals surface area contributed by atoms with Gasteiger partial charge in [-0.2, -0.15) is 0 Å². The van der Waals surface area contributed by atoms with Gasteiger partial charge in [0.05, 0.1) is 11.9 Å². The van der Waals surface area contributed by atoms with Gasteiger partial charge in [-0.1, -0.05) is 30.7 Å². The van der Waals surface area contributed by atoms with Gasteiger partial charge in [0.2, 0.25) is 0 Å². The first kappa shape index (κ1) is 16.7. The molecule has 5 nitrogen and oxygen atoms in total. The van der Waals surface area contributed by atoms with E-state index in [-0.39, 0.29) is 5.17 Å². The third-order valence-corrected chi connectivity index (χ3v) is 4.47. The molecule has 126 valence electrons. The third kappa shape index (κ3) is 4.04. The molecule has 1 aliphatic heterocycles. The average molecular weight is 344 g/mol. The first-order valence-electron chi connectivity index (χ1n) is 8.20. The Bertz CT molecular complexity index is 711. The zero-order valence-electron chi connectivity index (χ0n) is 13.8. The molecule has 1 aliphatic rings. The van der Waals surface area contributed by atoms with Gasteiger partial charge in [-0.05, 0) is 36.4 Å². The Hall–Kier alpha value is -2.11. The minimum absolute atomic E-state index is 0.0135. The number of nitrogens with one attached hydrogen (secondary N) is 2. The number of imidazole rings is 1. The monoisotopic (exact) mass is 343 g/mol. The van der Waals surface area contributed by atoms with Crippen LogP contribution in [0.15, 0.2) is 36.5 Å². The predicted molar refractivity (Wildman–Crippen MR) is 101 cm³/mol. The molecule has 1 aromatic carbocycles. The molecule has 0 atom stereocenters. The number of aromatic amines is 1. The predicted octanol–water partition coefficient (Wildman–Crippen LogP) is 3.45. The van der Waals surface area contributed by atoms with Crippen LogP contribution in [0, 0.1) is 5.41 Å². The van der Waals surface area contributed by atoms with E-state index in [0.29, 0.717) is 5.82 Å². The molecule has 0 amide bonds. The lowest BCUT2D eigenvalue weighted by molar-refractivity contribution is 0.271. The second kappa shape index (κ2) is 7.64. The molecule has 0 saturated carbocycles. The van der Waals surface area contributed by atoms with E-state index in [0.717, 1.165) is 44.0 Å². The van der Waals surface area contributed by atoms with Crippen molar-refractivity contribution in [3.8, 4) is 11.3 Å². The smallest absolute Gasteiger partial charge is 0.130 e. The van der Waals surface area contributed by atoms with Gasteiger partial charge in [-0.3, -0.25) is 5.41 Å². The second-order valence-corrected chi connectivity index (χ2v) is 6.24. The Kier molecular flexibility index (Phi) is 5.33. The molecule has 3 rings (SSSR count). The van der Waals surface area contributed by atoms with Crippen LogP contribution in [-0.4, -0.2) is 52.8 Å². The quantitative estimate of drug-likeness (QED) is 0.817. The maximum atomic E-state index is 7.19. The highest BCUT2D eigenvalue weighted by Crippen LogP contribution is 2.23. The summed E-state index contributed by atoms with van der Waals surface area (Å²) in [5, 5.41) is 7.18. The Morgan fingerprint density at radius 3 is 2.58 bits per heavy atom. The van der Waals surface area contributed by atoms with E-state index < -0.39 is 0 Å². The van der Waals surface area contributed by atoms with E-state index in [1.165, 1.54) is 11.8 Å². The molecule has 0 spiro atoms. The van der Waals surface area contributed by atoms with E-state index >= 15 is 0 Å². The zero-order chi connectivity index (χ0) is 16.9. The topological polar surface area (TPSA) is 59.0 Å². The highest BCUT2D eigenvalue weighted by atomic mass is 35.5. The number of hydrogen-bond acceptors (Lipinski definition) is 4. The van der Waals surface area contributed by atoms with Crippen LogP contribution in [0.3, 0.4) is 0 Å². The summed E-state index contributed by atoms with van der Waals surface area (Å²) in [4.78, 5) is 12.4. The van der Waals surface area contributed by atoms with Gasteiger partial charge in [-0.15, -0.1) is 0 Å². The van der Waals surface area contributed by atoms with Gasteiger partial charge >= 0.3 is 0 Å². The summed E-state index contributed by atoms with van der Waals surface area (Å²) in [5.74, 6) is 0.690. The molecular formula is C18H22ClN5. The van der Waals surface area contributed by atoms with Crippen molar-refractivity contribution < 1.29 is 0 Å². The molecule has 2 heterocycles. The third-order valence-electron chi connectivity index (χ3n) is 4.35. The van der Waals surface area contributed by atoms with Gasteiger partial charge in [0.15, 0.2) is 0 Å². The highest BCUT2D eigenvalue weighted by molar-refractivity contribution is 6.67. The molecule has 2 N–H and O–H groups in total. The van der Waals surface area contributed by atoms with Gasteiger partial charge in [0.1, 0.15) is 11.0 Å². The number of rotatable bonds is 5. The fourth-order valence-corrected chi connectivity index (χ4v) is 2.96. The number of anilines is 1. The van der Waals surface area contributed by atoms with Crippen molar-refractivity contribution in [1.82, 2.24) is 14.9 Å². The average Bonchev–Trinajstić information content (AvgIpc) is 3.09. The normalized spacial score (nSPS) is 16.0. The zero-order valence-corrected chi connectivity index (χ0v) is 14.6. The summed E-state index contributed by atoms with van der Waals surface area (Å²) in [7, 11) is 0. The number of halogens is 1. The summed E-state index contributed by atoms with van der Waals surface area (Å²) < 4.78 is 0. The van der Waals surface area contributed by atoms with E-state index in [1.807, 2.05) is 0 Å². The number of likely N-dealkylation sites (N-methyl/N-ethyl adjacent to an activating group) is 1. The number of hydrogen-bond donors (Lipinski definition) is 2. The standard InChI is InChI=1S/C18H22ClN5/c1-2-23-9-11-24(12-10-23)15-5-3-14(4-6-15)16-13-21-18(22-16)8-7-17(19)20/h3-8,13,20H,2,9-12H2,1H3,(H,21,22)/b8-7-,20-17?. The van der Waals surface area contributed by atoms with Gasteiger partial charge in [0, 0.05) is 31.9 Å². The summed E-state index contributed by atoms with van der Waals surface area (Å²) in [6.45, 7) is 7.77. The Balaban J connectivity index is 1.67. The van der Waals surface area contributed by atoms with Crippen LogP contribution in [0.4, 0.5) is 5.69 Å². The molecule has 1 fully saturated rings. The largest absolute Gasteiger partial charge is 0.369 e. The van der Waals surface area contributed by atoms with Crippen molar-refractivity contribution in [2.45, 2.75) is 6.92 Å². The van der Waals surface area contributed by atoms with Crippen LogP contribution in [0.25, 0.3) is 17.3 Å². The minimum Gasteiger partial charge on any atom is -0.369 e. The van der Waals surface area contributed by atoms with Crippen LogP contribution in [0.2, 0.25) is 0 Å². The Morgan fingerprint density at radius 1 is 1.25 bits per heavy atom.